The van der Waals surface area contributed by atoms with Crippen LogP contribution in [0.3, 0.4) is 0 Å². The van der Waals surface area contributed by atoms with Gasteiger partial charge in [-0.15, -0.1) is 4.76 Å². The van der Waals surface area contributed by atoms with Gasteiger partial charge < -0.3 is 34.3 Å². The molecule has 15 heteroatoms. The van der Waals surface area contributed by atoms with Gasteiger partial charge in [-0.3, -0.25) is 13.8 Å². The van der Waals surface area contributed by atoms with E-state index in [1.165, 1.54) is 11.9 Å². The fourth-order valence-corrected chi connectivity index (χ4v) is 3.22. The van der Waals surface area contributed by atoms with Crippen molar-refractivity contribution in [2.75, 3.05) is 59.8 Å². The molecule has 0 aromatic carbocycles. The molecule has 0 atom stereocenters. The van der Waals surface area contributed by atoms with Gasteiger partial charge in [0.2, 0.25) is 5.96 Å². The van der Waals surface area contributed by atoms with E-state index < -0.39 is 26.0 Å². The normalized spacial score (nSPS) is 11.5. The monoisotopic (exact) mass is 527 g/mol. The highest BCUT2D eigenvalue weighted by Gasteiger charge is 2.27. The summed E-state index contributed by atoms with van der Waals surface area (Å²) >= 11 is 0. The van der Waals surface area contributed by atoms with Gasteiger partial charge in [-0.05, 0) is 19.8 Å². The molecule has 0 aliphatic rings. The fourth-order valence-electron chi connectivity index (χ4n) is 2.02. The van der Waals surface area contributed by atoms with Gasteiger partial charge in [0, 0.05) is 7.05 Å². The van der Waals surface area contributed by atoms with Crippen LogP contribution in [-0.4, -0.2) is 89.0 Å². The highest BCUT2D eigenvalue weighted by Crippen LogP contribution is 2.49. The van der Waals surface area contributed by atoms with Crippen LogP contribution < -0.4 is 5.73 Å². The lowest BCUT2D eigenvalue weighted by molar-refractivity contribution is -0.143. The molecule has 0 heterocycles. The molecule has 0 aliphatic carbocycles. The molecular formula is C20H38N3O11P. The summed E-state index contributed by atoms with van der Waals surface area (Å²) in [5.41, 5.74) is 5.81. The van der Waals surface area contributed by atoms with Crippen molar-refractivity contribution in [3.8, 4) is 0 Å². The lowest BCUT2D eigenvalue weighted by Gasteiger charge is -2.20. The maximum absolute atomic E-state index is 13.1. The molecule has 0 aliphatic heterocycles. The van der Waals surface area contributed by atoms with Crippen molar-refractivity contribution in [2.45, 2.75) is 46.5 Å². The van der Waals surface area contributed by atoms with E-state index in [2.05, 4.69) is 4.76 Å². The van der Waals surface area contributed by atoms with Gasteiger partial charge in [0.15, 0.2) is 0 Å². The molecule has 204 valence electrons. The van der Waals surface area contributed by atoms with E-state index in [1.807, 2.05) is 13.8 Å². The number of esters is 1. The summed E-state index contributed by atoms with van der Waals surface area (Å²) in [4.78, 5) is 35.8. The predicted molar refractivity (Wildman–Crippen MR) is 125 cm³/mol. The second kappa shape index (κ2) is 19.7. The van der Waals surface area contributed by atoms with E-state index in [0.29, 0.717) is 12.8 Å². The van der Waals surface area contributed by atoms with Crippen molar-refractivity contribution in [2.24, 2.45) is 10.5 Å². The molecule has 0 bridgehead atoms. The van der Waals surface area contributed by atoms with Gasteiger partial charge in [0.05, 0.1) is 33.0 Å². The smallest absolute Gasteiger partial charge is 0.465 e. The third kappa shape index (κ3) is 17.5. The Morgan fingerprint density at radius 3 is 1.66 bits per heavy atom. The number of rotatable bonds is 18. The van der Waals surface area contributed by atoms with Gasteiger partial charge >= 0.3 is 26.0 Å². The highest BCUT2D eigenvalue weighted by atomic mass is 31.2. The molecule has 0 amide bonds. The van der Waals surface area contributed by atoms with Crippen LogP contribution in [0.4, 0.5) is 9.59 Å². The topological polar surface area (TPSA) is 175 Å². The van der Waals surface area contributed by atoms with Gasteiger partial charge in [0.25, 0.3) is 0 Å². The first kappa shape index (κ1) is 32.4. The van der Waals surface area contributed by atoms with Crippen LogP contribution in [0.2, 0.25) is 0 Å². The van der Waals surface area contributed by atoms with Crippen LogP contribution in [-0.2, 0) is 42.1 Å². The Balaban J connectivity index is 4.90. The first-order chi connectivity index (χ1) is 16.7. The van der Waals surface area contributed by atoms with Gasteiger partial charge in [0.1, 0.15) is 19.8 Å². The lowest BCUT2D eigenvalue weighted by Crippen LogP contribution is -2.38. The van der Waals surface area contributed by atoms with Crippen molar-refractivity contribution in [3.05, 3.63) is 0 Å². The molecule has 0 aromatic heterocycles. The number of ether oxygens (including phenoxy) is 5. The SMILES string of the molecule is CCCCOC(=O)OCCOP(=O)(N=C(N)N(C)CC(=O)OCC)OCCOC(=O)OCCCC. The molecule has 0 saturated carbocycles. The van der Waals surface area contributed by atoms with Crippen LogP contribution in [0.15, 0.2) is 4.76 Å². The zero-order valence-corrected chi connectivity index (χ0v) is 21.8. The number of unbranched alkanes of at least 4 members (excludes halogenated alkanes) is 2. The number of nitrogens with zero attached hydrogens (tertiary/aromatic N) is 2. The van der Waals surface area contributed by atoms with E-state index in [0.717, 1.165) is 12.8 Å². The number of likely N-dealkylation sites (N-methyl/N-ethyl adjacent to an activating group) is 1. The molecule has 35 heavy (non-hydrogen) atoms. The summed E-state index contributed by atoms with van der Waals surface area (Å²) in [7, 11) is -2.83. The molecule has 0 aromatic rings. The third-order valence-corrected chi connectivity index (χ3v) is 5.31. The molecule has 0 rings (SSSR count). The standard InChI is InChI=1S/C20H38N3O11P/c1-5-8-10-29-19(25)31-12-14-33-35(27,22-18(21)23(4)16-17(24)28-7-3)34-15-13-32-20(26)30-11-9-6-2/h5-16H2,1-4H3,(H2,21,22,27). The average molecular weight is 528 g/mol. The first-order valence-electron chi connectivity index (χ1n) is 11.4. The fraction of sp³-hybridized carbons (Fsp3) is 0.800. The number of nitrogens with two attached hydrogens (primary N) is 1. The predicted octanol–water partition coefficient (Wildman–Crippen LogP) is 2.84. The van der Waals surface area contributed by atoms with E-state index in [9.17, 15) is 18.9 Å². The number of carbonyl (C=O) groups excluding carboxylic acids is 3. The summed E-state index contributed by atoms with van der Waals surface area (Å²) in [6.45, 7) is 4.55. The molecule has 14 nitrogen and oxygen atoms in total. The Hall–Kier alpha value is -2.57. The van der Waals surface area contributed by atoms with Crippen LogP contribution in [0, 0.1) is 0 Å². The quantitative estimate of drug-likeness (QED) is 0.0688. The molecule has 0 unspecified atom stereocenters. The summed E-state index contributed by atoms with van der Waals surface area (Å²) < 4.78 is 51.3. The van der Waals surface area contributed by atoms with Crippen LogP contribution in [0.25, 0.3) is 0 Å². The second-order valence-electron chi connectivity index (χ2n) is 6.86. The van der Waals surface area contributed by atoms with Crippen molar-refractivity contribution < 1.29 is 51.7 Å². The third-order valence-electron chi connectivity index (χ3n) is 3.84. The second-order valence-corrected chi connectivity index (χ2v) is 8.51. The first-order valence-corrected chi connectivity index (χ1v) is 12.9. The summed E-state index contributed by atoms with van der Waals surface area (Å²) in [5.74, 6) is -0.907. The molecule has 2 N–H and O–H groups in total. The Labute approximate surface area is 205 Å². The Bertz CT molecular complexity index is 672. The number of guanidine groups is 1. The average Bonchev–Trinajstić information content (AvgIpc) is 2.80. The zero-order chi connectivity index (χ0) is 26.5. The minimum Gasteiger partial charge on any atom is -0.465 e. The Kier molecular flexibility index (Phi) is 18.3. The van der Waals surface area contributed by atoms with Crippen LogP contribution in [0.5, 0.6) is 0 Å². The van der Waals surface area contributed by atoms with E-state index >= 15 is 0 Å². The van der Waals surface area contributed by atoms with Crippen LogP contribution >= 0.6 is 7.75 Å². The molecule has 0 saturated heterocycles. The van der Waals surface area contributed by atoms with E-state index in [1.54, 1.807) is 6.92 Å². The van der Waals surface area contributed by atoms with E-state index in [4.69, 9.17) is 38.5 Å². The summed E-state index contributed by atoms with van der Waals surface area (Å²) in [6, 6.07) is 0. The summed E-state index contributed by atoms with van der Waals surface area (Å²) in [5, 5.41) is 0. The van der Waals surface area contributed by atoms with Crippen molar-refractivity contribution >= 4 is 32.0 Å². The van der Waals surface area contributed by atoms with E-state index in [-0.39, 0.29) is 58.8 Å². The Morgan fingerprint density at radius 2 is 1.23 bits per heavy atom. The zero-order valence-electron chi connectivity index (χ0n) is 20.9. The Morgan fingerprint density at radius 1 is 0.771 bits per heavy atom. The number of hydrogen-bond donors (Lipinski definition) is 1. The molecule has 0 radical (unpaired) electrons. The van der Waals surface area contributed by atoms with Gasteiger partial charge in [-0.2, -0.15) is 0 Å². The molecular weight excluding hydrogens is 489 g/mol. The van der Waals surface area contributed by atoms with Crippen molar-refractivity contribution in [3.63, 3.8) is 0 Å². The maximum atomic E-state index is 13.1. The minimum atomic E-state index is -4.26. The van der Waals surface area contributed by atoms with Crippen molar-refractivity contribution in [1.29, 1.82) is 0 Å². The molecule has 0 spiro atoms. The number of carbonyl (C=O) groups is 3. The van der Waals surface area contributed by atoms with Gasteiger partial charge in [-0.1, -0.05) is 26.7 Å². The van der Waals surface area contributed by atoms with Crippen molar-refractivity contribution in [1.82, 2.24) is 4.90 Å². The van der Waals surface area contributed by atoms with Crippen LogP contribution in [0.1, 0.15) is 46.5 Å². The lowest BCUT2D eigenvalue weighted by atomic mass is 10.4. The molecule has 0 fully saturated rings. The summed E-state index contributed by atoms with van der Waals surface area (Å²) in [6.07, 6.45) is 1.28. The maximum Gasteiger partial charge on any atom is 0.508 e. The number of hydrogen-bond acceptors (Lipinski definition) is 11. The highest BCUT2D eigenvalue weighted by molar-refractivity contribution is 7.52. The largest absolute Gasteiger partial charge is 0.508 e. The van der Waals surface area contributed by atoms with Gasteiger partial charge in [-0.25, -0.2) is 14.2 Å². The minimum absolute atomic E-state index is 0.177.